The topological polar surface area (TPSA) is 105 Å². The maximum atomic E-state index is 13.5. The number of hydrogen-bond donors (Lipinski definition) is 2. The van der Waals surface area contributed by atoms with E-state index in [2.05, 4.69) is 10.2 Å². The molecule has 0 saturated carbocycles. The van der Waals surface area contributed by atoms with Crippen molar-refractivity contribution >= 4 is 22.6 Å². The molecular formula is C27H30N6O3. The molecule has 0 atom stereocenters. The summed E-state index contributed by atoms with van der Waals surface area (Å²) >= 11 is 0. The lowest BCUT2D eigenvalue weighted by Crippen LogP contribution is -2.38. The molecule has 186 valence electrons. The number of fused-ring (bicyclic) bond motifs is 2. The molecule has 1 aromatic carbocycles. The second-order valence-electron chi connectivity index (χ2n) is 9.12. The van der Waals surface area contributed by atoms with Crippen molar-refractivity contribution in [1.29, 1.82) is 5.41 Å². The van der Waals surface area contributed by atoms with Crippen LogP contribution in [0.1, 0.15) is 27.9 Å². The number of amides is 1. The number of ether oxygens (including phenoxy) is 1. The zero-order chi connectivity index (χ0) is 25.1. The molecule has 1 amide bonds. The first-order valence-corrected chi connectivity index (χ1v) is 12.2. The van der Waals surface area contributed by atoms with Gasteiger partial charge in [0.2, 0.25) is 0 Å². The van der Waals surface area contributed by atoms with Gasteiger partial charge in [0.05, 0.1) is 24.2 Å². The minimum atomic E-state index is -0.388. The Hall–Kier alpha value is -3.82. The van der Waals surface area contributed by atoms with E-state index in [9.17, 15) is 9.59 Å². The van der Waals surface area contributed by atoms with Gasteiger partial charge in [-0.15, -0.1) is 0 Å². The van der Waals surface area contributed by atoms with Crippen LogP contribution < -0.4 is 16.4 Å². The predicted octanol–water partition coefficient (Wildman–Crippen LogP) is 2.09. The van der Waals surface area contributed by atoms with Crippen LogP contribution in [0.4, 0.5) is 0 Å². The number of nitrogens with zero attached hydrogens (tertiary/aromatic N) is 4. The van der Waals surface area contributed by atoms with Crippen LogP contribution in [0, 0.1) is 12.3 Å². The fourth-order valence-electron chi connectivity index (χ4n) is 4.58. The maximum Gasteiger partial charge on any atom is 0.267 e. The molecule has 4 aromatic rings. The molecule has 4 heterocycles. The average Bonchev–Trinajstić information content (AvgIpc) is 2.90. The van der Waals surface area contributed by atoms with E-state index in [4.69, 9.17) is 15.1 Å². The van der Waals surface area contributed by atoms with Crippen LogP contribution in [0.2, 0.25) is 0 Å². The van der Waals surface area contributed by atoms with Crippen LogP contribution >= 0.6 is 0 Å². The summed E-state index contributed by atoms with van der Waals surface area (Å²) in [6.07, 6.45) is 2.51. The molecule has 0 spiro atoms. The highest BCUT2D eigenvalue weighted by molar-refractivity contribution is 5.96. The number of carbonyl (C=O) groups is 1. The predicted molar refractivity (Wildman–Crippen MR) is 137 cm³/mol. The van der Waals surface area contributed by atoms with Gasteiger partial charge in [-0.3, -0.25) is 24.3 Å². The van der Waals surface area contributed by atoms with E-state index in [1.807, 2.05) is 43.3 Å². The minimum absolute atomic E-state index is 0.0541. The second-order valence-corrected chi connectivity index (χ2v) is 9.12. The molecule has 2 N–H and O–H groups in total. The van der Waals surface area contributed by atoms with Gasteiger partial charge in [-0.1, -0.05) is 36.4 Å². The lowest BCUT2D eigenvalue weighted by atomic mass is 10.1. The van der Waals surface area contributed by atoms with Gasteiger partial charge in [0.15, 0.2) is 0 Å². The third kappa shape index (κ3) is 4.93. The molecular weight excluding hydrogens is 456 g/mol. The number of nitrogens with one attached hydrogen (secondary N) is 2. The van der Waals surface area contributed by atoms with Gasteiger partial charge < -0.3 is 14.6 Å². The van der Waals surface area contributed by atoms with Crippen LogP contribution in [0.25, 0.3) is 16.7 Å². The molecule has 1 aliphatic heterocycles. The van der Waals surface area contributed by atoms with Crippen LogP contribution in [0.3, 0.4) is 0 Å². The first kappa shape index (κ1) is 23.9. The van der Waals surface area contributed by atoms with Crippen molar-refractivity contribution in [1.82, 2.24) is 24.2 Å². The maximum absolute atomic E-state index is 13.5. The largest absolute Gasteiger partial charge is 0.379 e. The molecule has 0 aliphatic carbocycles. The summed E-state index contributed by atoms with van der Waals surface area (Å²) in [6, 6.07) is 14.8. The van der Waals surface area contributed by atoms with Crippen molar-refractivity contribution < 1.29 is 9.53 Å². The fraction of sp³-hybridized carbons (Fsp3) is 0.333. The Morgan fingerprint density at radius 2 is 1.89 bits per heavy atom. The number of benzene rings is 1. The molecule has 0 bridgehead atoms. The number of hydrogen-bond acceptors (Lipinski definition) is 6. The van der Waals surface area contributed by atoms with Gasteiger partial charge >= 0.3 is 0 Å². The van der Waals surface area contributed by atoms with E-state index in [1.165, 1.54) is 10.5 Å². The number of carbonyl (C=O) groups excluding carboxylic acids is 1. The molecule has 3 aromatic heterocycles. The van der Waals surface area contributed by atoms with Crippen LogP contribution in [0.5, 0.6) is 0 Å². The molecule has 0 radical (unpaired) electrons. The Kier molecular flexibility index (Phi) is 6.92. The summed E-state index contributed by atoms with van der Waals surface area (Å²) in [7, 11) is 0. The van der Waals surface area contributed by atoms with Crippen molar-refractivity contribution in [3.05, 3.63) is 87.3 Å². The van der Waals surface area contributed by atoms with Crippen molar-refractivity contribution in [2.24, 2.45) is 0 Å². The van der Waals surface area contributed by atoms with Gasteiger partial charge in [0.25, 0.3) is 11.5 Å². The number of aryl methyl sites for hydroxylation is 2. The lowest BCUT2D eigenvalue weighted by Gasteiger charge is -2.26. The summed E-state index contributed by atoms with van der Waals surface area (Å²) in [4.78, 5) is 33.7. The Labute approximate surface area is 208 Å². The quantitative estimate of drug-likeness (QED) is 0.389. The third-order valence-electron chi connectivity index (χ3n) is 6.56. The Bertz CT molecular complexity index is 1520. The summed E-state index contributed by atoms with van der Waals surface area (Å²) in [6.45, 7) is 6.77. The smallest absolute Gasteiger partial charge is 0.267 e. The molecule has 9 heteroatoms. The third-order valence-corrected chi connectivity index (χ3v) is 6.56. The number of morpholine rings is 1. The second kappa shape index (κ2) is 10.4. The monoisotopic (exact) mass is 486 g/mol. The molecule has 0 unspecified atom stereocenters. The summed E-state index contributed by atoms with van der Waals surface area (Å²) < 4.78 is 8.64. The molecule has 5 rings (SSSR count). The standard InChI is InChI=1S/C27H30N6O3/c1-19-8-9-23-30-25-22(27(35)33(23)18-19)16-21(26(34)29-17-20-6-3-2-4-7-20)24(28)32(25)11-5-10-31-12-14-36-15-13-31/h2-4,6-9,16,18,28H,5,10-15,17H2,1H3,(H,29,34). The first-order chi connectivity index (χ1) is 17.5. The highest BCUT2D eigenvalue weighted by Crippen LogP contribution is 2.12. The molecule has 9 nitrogen and oxygen atoms in total. The molecule has 1 fully saturated rings. The molecule has 36 heavy (non-hydrogen) atoms. The normalized spacial score (nSPS) is 14.4. The van der Waals surface area contributed by atoms with Gasteiger partial charge in [-0.05, 0) is 36.6 Å². The molecule has 1 saturated heterocycles. The van der Waals surface area contributed by atoms with E-state index in [0.717, 1.165) is 50.4 Å². The number of rotatable bonds is 7. The molecule has 1 aliphatic rings. The van der Waals surface area contributed by atoms with Gasteiger partial charge in [0.1, 0.15) is 16.8 Å². The van der Waals surface area contributed by atoms with Crippen LogP contribution in [-0.2, 0) is 17.8 Å². The van der Waals surface area contributed by atoms with E-state index in [0.29, 0.717) is 29.8 Å². The zero-order valence-corrected chi connectivity index (χ0v) is 20.4. The van der Waals surface area contributed by atoms with E-state index < -0.39 is 0 Å². The number of aromatic nitrogens is 3. The zero-order valence-electron chi connectivity index (χ0n) is 20.4. The summed E-state index contributed by atoms with van der Waals surface area (Å²) in [5.41, 5.74) is 2.80. The summed E-state index contributed by atoms with van der Waals surface area (Å²) in [5, 5.41) is 12.1. The van der Waals surface area contributed by atoms with Gasteiger partial charge in [-0.2, -0.15) is 0 Å². The van der Waals surface area contributed by atoms with Crippen LogP contribution in [-0.4, -0.2) is 57.6 Å². The van der Waals surface area contributed by atoms with E-state index in [-0.39, 0.29) is 22.5 Å². The average molecular weight is 487 g/mol. The SMILES string of the molecule is Cc1ccc2nc3c(cc(C(=O)NCc4ccccc4)c(=N)n3CCCN3CCOCC3)c(=O)n2c1. The van der Waals surface area contributed by atoms with E-state index >= 15 is 0 Å². The van der Waals surface area contributed by atoms with Crippen molar-refractivity contribution in [2.75, 3.05) is 32.8 Å². The first-order valence-electron chi connectivity index (χ1n) is 12.2. The van der Waals surface area contributed by atoms with Crippen molar-refractivity contribution in [3.8, 4) is 0 Å². The minimum Gasteiger partial charge on any atom is -0.379 e. The Balaban J connectivity index is 1.54. The van der Waals surface area contributed by atoms with Crippen molar-refractivity contribution in [3.63, 3.8) is 0 Å². The summed E-state index contributed by atoms with van der Waals surface area (Å²) in [5.74, 6) is -0.388. The Morgan fingerprint density at radius 1 is 1.11 bits per heavy atom. The Morgan fingerprint density at radius 3 is 2.67 bits per heavy atom. The van der Waals surface area contributed by atoms with E-state index in [1.54, 1.807) is 16.8 Å². The van der Waals surface area contributed by atoms with Crippen molar-refractivity contribution in [2.45, 2.75) is 26.4 Å². The van der Waals surface area contributed by atoms with Crippen LogP contribution in [0.15, 0.2) is 59.5 Å². The van der Waals surface area contributed by atoms with Gasteiger partial charge in [-0.25, -0.2) is 4.98 Å². The number of pyridine rings is 2. The van der Waals surface area contributed by atoms with Gasteiger partial charge in [0, 0.05) is 38.9 Å². The highest BCUT2D eigenvalue weighted by Gasteiger charge is 2.18. The fourth-order valence-corrected chi connectivity index (χ4v) is 4.58. The highest BCUT2D eigenvalue weighted by atomic mass is 16.5. The lowest BCUT2D eigenvalue weighted by molar-refractivity contribution is 0.0369.